The minimum atomic E-state index is -0.537. The first kappa shape index (κ1) is 6.70. The minimum Gasteiger partial charge on any atom is -0.229 e. The summed E-state index contributed by atoms with van der Waals surface area (Å²) in [6.45, 7) is 5.36. The Morgan fingerprint density at radius 3 is 2.57 bits per heavy atom. The Hall–Kier alpha value is -0.300. The van der Waals surface area contributed by atoms with E-state index in [1.807, 2.05) is 6.92 Å². The van der Waals surface area contributed by atoms with Gasteiger partial charge in [-0.15, -0.1) is 6.58 Å². The molecule has 7 heavy (non-hydrogen) atoms. The molecule has 0 aliphatic carbocycles. The van der Waals surface area contributed by atoms with E-state index in [-0.39, 0.29) is 0 Å². The van der Waals surface area contributed by atoms with Crippen LogP contribution in [0.1, 0.15) is 19.8 Å². The highest BCUT2D eigenvalue weighted by atomic mass is 16.3. The molecule has 0 saturated carbocycles. The molecule has 1 heteroatoms. The third-order valence-corrected chi connectivity index (χ3v) is 0.836. The highest BCUT2D eigenvalue weighted by Crippen LogP contribution is 1.95. The van der Waals surface area contributed by atoms with Gasteiger partial charge in [-0.25, -0.2) is 5.11 Å². The first-order valence-electron chi connectivity index (χ1n) is 2.59. The largest absolute Gasteiger partial charge is 0.229 e. The summed E-state index contributed by atoms with van der Waals surface area (Å²) in [5.74, 6) is 0. The van der Waals surface area contributed by atoms with Gasteiger partial charge in [0.1, 0.15) is 6.10 Å². The van der Waals surface area contributed by atoms with Crippen LogP contribution in [0.4, 0.5) is 0 Å². The molecule has 41 valence electrons. The molecule has 1 nitrogen and oxygen atoms in total. The maximum atomic E-state index is 10.4. The molecule has 0 heterocycles. The summed E-state index contributed by atoms with van der Waals surface area (Å²) >= 11 is 0. The third kappa shape index (κ3) is 3.53. The van der Waals surface area contributed by atoms with E-state index < -0.39 is 6.10 Å². The second kappa shape index (κ2) is 3.88. The Balaban J connectivity index is 2.98. The van der Waals surface area contributed by atoms with Gasteiger partial charge in [0, 0.05) is 0 Å². The van der Waals surface area contributed by atoms with E-state index in [1.165, 1.54) is 6.08 Å². The van der Waals surface area contributed by atoms with Gasteiger partial charge in [0.05, 0.1) is 0 Å². The molecule has 1 atom stereocenters. The lowest BCUT2D eigenvalue weighted by Crippen LogP contribution is -1.96. The fourth-order valence-corrected chi connectivity index (χ4v) is 0.402. The molecule has 1 radical (unpaired) electrons. The zero-order valence-corrected chi connectivity index (χ0v) is 4.68. The van der Waals surface area contributed by atoms with Crippen molar-refractivity contribution in [3.63, 3.8) is 0 Å². The summed E-state index contributed by atoms with van der Waals surface area (Å²) in [5, 5.41) is 10.4. The molecule has 0 aromatic carbocycles. The van der Waals surface area contributed by atoms with E-state index in [4.69, 9.17) is 0 Å². The quantitative estimate of drug-likeness (QED) is 0.480. The predicted octanol–water partition coefficient (Wildman–Crippen LogP) is 1.77. The van der Waals surface area contributed by atoms with Crippen LogP contribution in [-0.2, 0) is 5.11 Å². The van der Waals surface area contributed by atoms with Crippen molar-refractivity contribution < 1.29 is 5.11 Å². The molecule has 0 saturated heterocycles. The molecule has 0 spiro atoms. The summed E-state index contributed by atoms with van der Waals surface area (Å²) in [7, 11) is 0. The van der Waals surface area contributed by atoms with Gasteiger partial charge in [-0.05, 0) is 6.42 Å². The molecule has 0 N–H and O–H groups in total. The molecule has 0 aromatic rings. The van der Waals surface area contributed by atoms with Crippen molar-refractivity contribution in [2.75, 3.05) is 0 Å². The van der Waals surface area contributed by atoms with Crippen LogP contribution in [0.3, 0.4) is 0 Å². The SMILES string of the molecule is C=CC([O])CCC. The van der Waals surface area contributed by atoms with Crippen molar-refractivity contribution in [3.8, 4) is 0 Å². The van der Waals surface area contributed by atoms with E-state index in [0.717, 1.165) is 12.8 Å². The molecular weight excluding hydrogens is 88.1 g/mol. The Kier molecular flexibility index (Phi) is 3.71. The van der Waals surface area contributed by atoms with E-state index >= 15 is 0 Å². The van der Waals surface area contributed by atoms with Crippen molar-refractivity contribution in [1.29, 1.82) is 0 Å². The van der Waals surface area contributed by atoms with Gasteiger partial charge in [-0.3, -0.25) is 0 Å². The Morgan fingerprint density at radius 1 is 1.86 bits per heavy atom. The normalized spacial score (nSPS) is 13.4. The monoisotopic (exact) mass is 99.1 g/mol. The van der Waals surface area contributed by atoms with Crippen LogP contribution in [-0.4, -0.2) is 6.10 Å². The van der Waals surface area contributed by atoms with Gasteiger partial charge >= 0.3 is 0 Å². The van der Waals surface area contributed by atoms with Crippen LogP contribution in [0, 0.1) is 0 Å². The second-order valence-corrected chi connectivity index (χ2v) is 1.56. The van der Waals surface area contributed by atoms with E-state index in [0.29, 0.717) is 0 Å². The van der Waals surface area contributed by atoms with Crippen LogP contribution < -0.4 is 0 Å². The molecule has 0 aliphatic heterocycles. The fourth-order valence-electron chi connectivity index (χ4n) is 0.402. The Bertz CT molecular complexity index is 50.1. The lowest BCUT2D eigenvalue weighted by Gasteiger charge is -1.94. The first-order valence-corrected chi connectivity index (χ1v) is 2.59. The van der Waals surface area contributed by atoms with Crippen molar-refractivity contribution in [2.45, 2.75) is 25.9 Å². The zero-order chi connectivity index (χ0) is 5.70. The van der Waals surface area contributed by atoms with Crippen molar-refractivity contribution in [1.82, 2.24) is 0 Å². The molecule has 0 rings (SSSR count). The van der Waals surface area contributed by atoms with Crippen LogP contribution in [0.15, 0.2) is 12.7 Å². The van der Waals surface area contributed by atoms with Gasteiger partial charge in [0.15, 0.2) is 0 Å². The number of hydrogen-bond acceptors (Lipinski definition) is 0. The third-order valence-electron chi connectivity index (χ3n) is 0.836. The number of hydrogen-bond donors (Lipinski definition) is 0. The average molecular weight is 99.2 g/mol. The van der Waals surface area contributed by atoms with Gasteiger partial charge in [0.25, 0.3) is 0 Å². The molecular formula is C6H11O. The van der Waals surface area contributed by atoms with Crippen molar-refractivity contribution in [3.05, 3.63) is 12.7 Å². The summed E-state index contributed by atoms with van der Waals surface area (Å²) in [6.07, 6.45) is 2.60. The predicted molar refractivity (Wildman–Crippen MR) is 29.6 cm³/mol. The van der Waals surface area contributed by atoms with Gasteiger partial charge in [-0.2, -0.15) is 0 Å². The molecule has 0 aliphatic rings. The second-order valence-electron chi connectivity index (χ2n) is 1.56. The summed E-state index contributed by atoms with van der Waals surface area (Å²) in [5.41, 5.74) is 0. The van der Waals surface area contributed by atoms with Crippen molar-refractivity contribution in [2.24, 2.45) is 0 Å². The fraction of sp³-hybridized carbons (Fsp3) is 0.667. The lowest BCUT2D eigenvalue weighted by molar-refractivity contribution is 0.122. The van der Waals surface area contributed by atoms with Gasteiger partial charge in [-0.1, -0.05) is 19.4 Å². The van der Waals surface area contributed by atoms with E-state index in [9.17, 15) is 5.11 Å². The highest BCUT2D eigenvalue weighted by molar-refractivity contribution is 4.76. The van der Waals surface area contributed by atoms with E-state index in [1.54, 1.807) is 0 Å². The standard InChI is InChI=1S/C6H11O/c1-3-5-6(7)4-2/h4,6H,2-3,5H2,1H3. The number of rotatable bonds is 3. The smallest absolute Gasteiger partial charge is 0.111 e. The summed E-state index contributed by atoms with van der Waals surface area (Å²) in [6, 6.07) is 0. The topological polar surface area (TPSA) is 19.9 Å². The lowest BCUT2D eigenvalue weighted by atomic mass is 10.2. The highest BCUT2D eigenvalue weighted by Gasteiger charge is 1.93. The van der Waals surface area contributed by atoms with Crippen LogP contribution in [0.25, 0.3) is 0 Å². The minimum absolute atomic E-state index is 0.537. The van der Waals surface area contributed by atoms with Crippen molar-refractivity contribution >= 4 is 0 Å². The maximum Gasteiger partial charge on any atom is 0.111 e. The zero-order valence-electron chi connectivity index (χ0n) is 4.68. The maximum absolute atomic E-state index is 10.4. The molecule has 0 bridgehead atoms. The summed E-state index contributed by atoms with van der Waals surface area (Å²) in [4.78, 5) is 0. The average Bonchev–Trinajstić information content (AvgIpc) is 1.68. The molecule has 0 amide bonds. The van der Waals surface area contributed by atoms with Crippen LogP contribution in [0.2, 0.25) is 0 Å². The Morgan fingerprint density at radius 2 is 2.43 bits per heavy atom. The van der Waals surface area contributed by atoms with Crippen LogP contribution in [0.5, 0.6) is 0 Å². The van der Waals surface area contributed by atoms with Crippen LogP contribution >= 0.6 is 0 Å². The first-order chi connectivity index (χ1) is 3.31. The van der Waals surface area contributed by atoms with E-state index in [2.05, 4.69) is 6.58 Å². The Labute approximate surface area is 44.7 Å². The molecule has 0 aromatic heterocycles. The molecule has 1 unspecified atom stereocenters. The van der Waals surface area contributed by atoms with Gasteiger partial charge < -0.3 is 0 Å². The van der Waals surface area contributed by atoms with Gasteiger partial charge in [0.2, 0.25) is 0 Å². The molecule has 0 fully saturated rings. The summed E-state index contributed by atoms with van der Waals surface area (Å²) < 4.78 is 0.